The van der Waals surface area contributed by atoms with Gasteiger partial charge in [0.25, 0.3) is 0 Å². The Hall–Kier alpha value is -0.570. The van der Waals surface area contributed by atoms with E-state index in [1.54, 1.807) is 0 Å². The van der Waals surface area contributed by atoms with Gasteiger partial charge in [0, 0.05) is 0 Å². The van der Waals surface area contributed by atoms with Crippen LogP contribution in [0.1, 0.15) is 26.2 Å². The van der Waals surface area contributed by atoms with Gasteiger partial charge in [-0.05, 0) is 18.3 Å². The summed E-state index contributed by atoms with van der Waals surface area (Å²) in [7, 11) is 0. The van der Waals surface area contributed by atoms with E-state index in [1.807, 2.05) is 6.92 Å². The summed E-state index contributed by atoms with van der Waals surface area (Å²) in [5, 5.41) is 17.6. The van der Waals surface area contributed by atoms with Gasteiger partial charge >= 0.3 is 5.97 Å². The highest BCUT2D eigenvalue weighted by molar-refractivity contribution is 5.67. The molecule has 0 aromatic heterocycles. The maximum Gasteiger partial charge on any atom is 0.305 e. The van der Waals surface area contributed by atoms with E-state index in [4.69, 9.17) is 5.11 Å². The number of carboxylic acids is 1. The Bertz CT molecular complexity index is 149. The number of carboxylic acid groups (broad SMARTS) is 1. The molecule has 10 heavy (non-hydrogen) atoms. The first-order valence-electron chi connectivity index (χ1n) is 3.44. The van der Waals surface area contributed by atoms with Gasteiger partial charge in [-0.1, -0.05) is 6.92 Å². The van der Waals surface area contributed by atoms with Crippen LogP contribution in [0.15, 0.2) is 0 Å². The van der Waals surface area contributed by atoms with Crippen LogP contribution < -0.4 is 0 Å². The molecule has 0 aromatic carbocycles. The number of aliphatic carboxylic acids is 1. The van der Waals surface area contributed by atoms with Crippen LogP contribution in [0, 0.1) is 5.41 Å². The Morgan fingerprint density at radius 2 is 2.20 bits per heavy atom. The zero-order chi connectivity index (χ0) is 7.78. The maximum absolute atomic E-state index is 10.1. The Balaban J connectivity index is 2.34. The fraction of sp³-hybridized carbons (Fsp3) is 0.857. The van der Waals surface area contributed by atoms with Gasteiger partial charge < -0.3 is 10.2 Å². The third kappa shape index (κ3) is 1.48. The molecule has 0 radical (unpaired) electrons. The fourth-order valence-corrected chi connectivity index (χ4v) is 0.942. The first-order chi connectivity index (χ1) is 4.54. The molecule has 0 spiro atoms. The summed E-state index contributed by atoms with van der Waals surface area (Å²) in [5.41, 5.74) is -0.0849. The molecule has 1 rings (SSSR count). The van der Waals surface area contributed by atoms with Crippen molar-refractivity contribution in [3.8, 4) is 0 Å². The topological polar surface area (TPSA) is 57.5 Å². The monoisotopic (exact) mass is 144 g/mol. The van der Waals surface area contributed by atoms with Crippen molar-refractivity contribution in [3.05, 3.63) is 0 Å². The second-order valence-corrected chi connectivity index (χ2v) is 3.27. The van der Waals surface area contributed by atoms with Crippen LogP contribution in [0.5, 0.6) is 0 Å². The van der Waals surface area contributed by atoms with Gasteiger partial charge in [-0.25, -0.2) is 0 Å². The number of aliphatic hydroxyl groups excluding tert-OH is 1. The van der Waals surface area contributed by atoms with Crippen molar-refractivity contribution in [2.75, 3.05) is 0 Å². The highest BCUT2D eigenvalue weighted by atomic mass is 16.4. The summed E-state index contributed by atoms with van der Waals surface area (Å²) in [6.07, 6.45) is 1.16. The SMILES string of the molecule is CC1([C@@H](O)CC(=O)O)CC1. The molecule has 0 saturated heterocycles. The molecular weight excluding hydrogens is 132 g/mol. The third-order valence-electron chi connectivity index (χ3n) is 2.21. The molecule has 0 aromatic rings. The van der Waals surface area contributed by atoms with Crippen molar-refractivity contribution < 1.29 is 15.0 Å². The summed E-state index contributed by atoms with van der Waals surface area (Å²) in [5.74, 6) is -0.916. The molecule has 3 nitrogen and oxygen atoms in total. The second kappa shape index (κ2) is 2.23. The number of hydrogen-bond donors (Lipinski definition) is 2. The van der Waals surface area contributed by atoms with Gasteiger partial charge in [0.1, 0.15) is 0 Å². The number of rotatable bonds is 3. The third-order valence-corrected chi connectivity index (χ3v) is 2.21. The minimum atomic E-state index is -0.916. The van der Waals surface area contributed by atoms with E-state index in [0.29, 0.717) is 0 Å². The predicted molar refractivity (Wildman–Crippen MR) is 35.6 cm³/mol. The van der Waals surface area contributed by atoms with Crippen LogP contribution in [0.4, 0.5) is 0 Å². The van der Waals surface area contributed by atoms with E-state index in [1.165, 1.54) is 0 Å². The zero-order valence-corrected chi connectivity index (χ0v) is 6.00. The van der Waals surface area contributed by atoms with Crippen LogP contribution in [0.2, 0.25) is 0 Å². The minimum Gasteiger partial charge on any atom is -0.481 e. The molecule has 0 amide bonds. The lowest BCUT2D eigenvalue weighted by atomic mass is 9.99. The van der Waals surface area contributed by atoms with E-state index < -0.39 is 12.1 Å². The van der Waals surface area contributed by atoms with Crippen LogP contribution in [0.25, 0.3) is 0 Å². The van der Waals surface area contributed by atoms with Gasteiger partial charge in [-0.15, -0.1) is 0 Å². The van der Waals surface area contributed by atoms with Crippen LogP contribution in [0.3, 0.4) is 0 Å². The van der Waals surface area contributed by atoms with Crippen molar-refractivity contribution >= 4 is 5.97 Å². The van der Waals surface area contributed by atoms with E-state index in [9.17, 15) is 9.90 Å². The van der Waals surface area contributed by atoms with E-state index in [0.717, 1.165) is 12.8 Å². The van der Waals surface area contributed by atoms with Crippen molar-refractivity contribution in [3.63, 3.8) is 0 Å². The molecule has 1 atom stereocenters. The predicted octanol–water partition coefficient (Wildman–Crippen LogP) is 0.622. The van der Waals surface area contributed by atoms with Crippen LogP contribution in [-0.4, -0.2) is 22.3 Å². The lowest BCUT2D eigenvalue weighted by molar-refractivity contribution is -0.140. The highest BCUT2D eigenvalue weighted by Crippen LogP contribution is 2.48. The molecule has 1 aliphatic rings. The van der Waals surface area contributed by atoms with Crippen molar-refractivity contribution in [1.82, 2.24) is 0 Å². The highest BCUT2D eigenvalue weighted by Gasteiger charge is 2.44. The summed E-state index contributed by atoms with van der Waals surface area (Å²) >= 11 is 0. The van der Waals surface area contributed by atoms with E-state index in [2.05, 4.69) is 0 Å². The van der Waals surface area contributed by atoms with Crippen molar-refractivity contribution in [2.45, 2.75) is 32.3 Å². The Morgan fingerprint density at radius 3 is 2.50 bits per heavy atom. The Labute approximate surface area is 59.7 Å². The molecule has 3 heteroatoms. The number of aliphatic hydroxyl groups is 1. The summed E-state index contributed by atoms with van der Waals surface area (Å²) in [6.45, 7) is 1.92. The standard InChI is InChI=1S/C7H12O3/c1-7(2-3-7)5(8)4-6(9)10/h5,8H,2-4H2,1H3,(H,9,10)/t5-/m0/s1. The molecule has 0 unspecified atom stereocenters. The quantitative estimate of drug-likeness (QED) is 0.610. The Kier molecular flexibility index (Phi) is 1.68. The molecule has 0 aliphatic heterocycles. The second-order valence-electron chi connectivity index (χ2n) is 3.27. The van der Waals surface area contributed by atoms with Crippen LogP contribution >= 0.6 is 0 Å². The molecule has 1 fully saturated rings. The van der Waals surface area contributed by atoms with E-state index >= 15 is 0 Å². The first-order valence-corrected chi connectivity index (χ1v) is 3.44. The molecule has 1 saturated carbocycles. The molecule has 1 aliphatic carbocycles. The van der Waals surface area contributed by atoms with Crippen molar-refractivity contribution in [2.24, 2.45) is 5.41 Å². The number of hydrogen-bond acceptors (Lipinski definition) is 2. The van der Waals surface area contributed by atoms with Crippen LogP contribution in [-0.2, 0) is 4.79 Å². The summed E-state index contributed by atoms with van der Waals surface area (Å²) < 4.78 is 0. The largest absolute Gasteiger partial charge is 0.481 e. The van der Waals surface area contributed by atoms with Crippen molar-refractivity contribution in [1.29, 1.82) is 0 Å². The molecule has 0 bridgehead atoms. The molecule has 2 N–H and O–H groups in total. The normalized spacial score (nSPS) is 23.8. The average molecular weight is 144 g/mol. The lowest BCUT2D eigenvalue weighted by Gasteiger charge is -2.14. The van der Waals surface area contributed by atoms with E-state index in [-0.39, 0.29) is 11.8 Å². The molecular formula is C7H12O3. The molecule has 0 heterocycles. The summed E-state index contributed by atoms with van der Waals surface area (Å²) in [4.78, 5) is 10.1. The van der Waals surface area contributed by atoms with Gasteiger partial charge in [0.05, 0.1) is 12.5 Å². The van der Waals surface area contributed by atoms with Gasteiger partial charge in [0.2, 0.25) is 0 Å². The number of carbonyl (C=O) groups is 1. The average Bonchev–Trinajstić information content (AvgIpc) is 2.47. The lowest BCUT2D eigenvalue weighted by Crippen LogP contribution is -2.22. The minimum absolute atomic E-state index is 0.0849. The zero-order valence-electron chi connectivity index (χ0n) is 6.00. The first kappa shape index (κ1) is 7.54. The maximum atomic E-state index is 10.1. The Morgan fingerprint density at radius 1 is 1.70 bits per heavy atom. The van der Waals surface area contributed by atoms with Gasteiger partial charge in [-0.3, -0.25) is 4.79 Å². The summed E-state index contributed by atoms with van der Waals surface area (Å²) in [6, 6.07) is 0. The molecule has 58 valence electrons. The fourth-order valence-electron chi connectivity index (χ4n) is 0.942. The van der Waals surface area contributed by atoms with Gasteiger partial charge in [0.15, 0.2) is 0 Å². The smallest absolute Gasteiger partial charge is 0.305 e. The van der Waals surface area contributed by atoms with Gasteiger partial charge in [-0.2, -0.15) is 0 Å².